The van der Waals surface area contributed by atoms with Crippen LogP contribution in [0.5, 0.6) is 0 Å². The maximum Gasteiger partial charge on any atom is 0.326 e. The van der Waals surface area contributed by atoms with Crippen molar-refractivity contribution in [1.29, 1.82) is 5.26 Å². The van der Waals surface area contributed by atoms with Crippen LogP contribution in [0, 0.1) is 16.7 Å². The van der Waals surface area contributed by atoms with Crippen LogP contribution in [-0.4, -0.2) is 23.1 Å². The third-order valence-corrected chi connectivity index (χ3v) is 3.23. The molecule has 1 aromatic rings. The average Bonchev–Trinajstić information content (AvgIpc) is 2.36. The summed E-state index contributed by atoms with van der Waals surface area (Å²) in [6.45, 7) is 5.14. The Morgan fingerprint density at radius 3 is 2.48 bits per heavy atom. The average molecular weight is 354 g/mol. The van der Waals surface area contributed by atoms with Crippen molar-refractivity contribution in [1.82, 2.24) is 5.32 Å². The second-order valence-electron chi connectivity index (χ2n) is 5.54. The Morgan fingerprint density at radius 1 is 1.38 bits per heavy atom. The van der Waals surface area contributed by atoms with Gasteiger partial charge in [-0.1, -0.05) is 36.7 Å². The van der Waals surface area contributed by atoms with Crippen molar-refractivity contribution in [2.24, 2.45) is 5.41 Å². The zero-order valence-electron chi connectivity index (χ0n) is 11.9. The number of carboxylic acid groups (broad SMARTS) is 1. The number of nitriles is 1. The number of benzene rings is 1. The summed E-state index contributed by atoms with van der Waals surface area (Å²) in [7, 11) is 0. The molecule has 0 radical (unpaired) electrons. The van der Waals surface area contributed by atoms with Gasteiger partial charge in [-0.05, 0) is 23.6 Å². The first-order valence-electron chi connectivity index (χ1n) is 6.15. The number of carboxylic acids is 1. The number of aliphatic carboxylic acids is 1. The molecule has 0 spiro atoms. The summed E-state index contributed by atoms with van der Waals surface area (Å²) < 4.78 is 0.711. The Bertz CT molecular complexity index is 602. The van der Waals surface area contributed by atoms with Crippen molar-refractivity contribution in [2.45, 2.75) is 26.8 Å². The number of nitrogens with zero attached hydrogens (tertiary/aromatic N) is 1. The van der Waals surface area contributed by atoms with E-state index in [0.717, 1.165) is 0 Å². The lowest BCUT2D eigenvalue weighted by atomic mass is 9.87. The second kappa shape index (κ2) is 6.59. The molecule has 0 aliphatic heterocycles. The van der Waals surface area contributed by atoms with Gasteiger partial charge in [-0.25, -0.2) is 9.59 Å². The summed E-state index contributed by atoms with van der Waals surface area (Å²) in [6.07, 6.45) is 0. The fourth-order valence-electron chi connectivity index (χ4n) is 1.66. The minimum Gasteiger partial charge on any atom is -0.480 e. The zero-order chi connectivity index (χ0) is 16.2. The third kappa shape index (κ3) is 4.76. The highest BCUT2D eigenvalue weighted by Crippen LogP contribution is 2.22. The smallest absolute Gasteiger partial charge is 0.326 e. The van der Waals surface area contributed by atoms with E-state index >= 15 is 0 Å². The quantitative estimate of drug-likeness (QED) is 0.777. The predicted octanol–water partition coefficient (Wildman–Crippen LogP) is 2.94. The standard InChI is InChI=1S/C14H16BrN3O3/c1-14(2,3)11(12(19)20)18-13(21)17-10-5-4-9(15)6-8(10)7-16/h4-6,11H,1-3H3,(H,19,20)(H2,17,18,21)/t11-/m1/s1. The highest BCUT2D eigenvalue weighted by atomic mass is 79.9. The third-order valence-electron chi connectivity index (χ3n) is 2.74. The Labute approximate surface area is 131 Å². The number of hydrogen-bond acceptors (Lipinski definition) is 3. The van der Waals surface area contributed by atoms with Gasteiger partial charge in [0.25, 0.3) is 0 Å². The van der Waals surface area contributed by atoms with Crippen molar-refractivity contribution < 1.29 is 14.7 Å². The number of carbonyl (C=O) groups excluding carboxylic acids is 1. The van der Waals surface area contributed by atoms with Crippen molar-refractivity contribution in [3.8, 4) is 6.07 Å². The molecule has 2 amide bonds. The van der Waals surface area contributed by atoms with Crippen LogP contribution in [0.2, 0.25) is 0 Å². The molecule has 0 aliphatic carbocycles. The molecular weight excluding hydrogens is 338 g/mol. The number of urea groups is 1. The summed E-state index contributed by atoms with van der Waals surface area (Å²) >= 11 is 3.23. The number of rotatable bonds is 3. The molecule has 0 bridgehead atoms. The molecule has 1 rings (SSSR count). The van der Waals surface area contributed by atoms with Crippen LogP contribution in [-0.2, 0) is 4.79 Å². The number of amides is 2. The Kier molecular flexibility index (Phi) is 5.33. The SMILES string of the molecule is CC(C)(C)[C@H](NC(=O)Nc1ccc(Br)cc1C#N)C(=O)O. The molecule has 7 heteroatoms. The van der Waals surface area contributed by atoms with Crippen LogP contribution >= 0.6 is 15.9 Å². The van der Waals surface area contributed by atoms with E-state index < -0.39 is 23.5 Å². The van der Waals surface area contributed by atoms with Gasteiger partial charge in [-0.15, -0.1) is 0 Å². The predicted molar refractivity (Wildman–Crippen MR) is 81.9 cm³/mol. The Morgan fingerprint density at radius 2 is 2.00 bits per heavy atom. The monoisotopic (exact) mass is 353 g/mol. The maximum atomic E-state index is 11.9. The molecule has 0 fully saturated rings. The molecule has 6 nitrogen and oxygen atoms in total. The normalized spacial score (nSPS) is 12.1. The van der Waals surface area contributed by atoms with E-state index in [2.05, 4.69) is 26.6 Å². The number of nitrogens with one attached hydrogen (secondary N) is 2. The van der Waals surface area contributed by atoms with Gasteiger partial charge in [0, 0.05) is 4.47 Å². The van der Waals surface area contributed by atoms with Gasteiger partial charge in [-0.2, -0.15) is 5.26 Å². The van der Waals surface area contributed by atoms with E-state index in [1.165, 1.54) is 0 Å². The van der Waals surface area contributed by atoms with Crippen LogP contribution in [0.25, 0.3) is 0 Å². The van der Waals surface area contributed by atoms with Gasteiger partial charge >= 0.3 is 12.0 Å². The largest absolute Gasteiger partial charge is 0.480 e. The van der Waals surface area contributed by atoms with E-state index in [0.29, 0.717) is 10.2 Å². The van der Waals surface area contributed by atoms with Gasteiger partial charge in [0.05, 0.1) is 11.3 Å². The highest BCUT2D eigenvalue weighted by molar-refractivity contribution is 9.10. The van der Waals surface area contributed by atoms with Gasteiger partial charge in [-0.3, -0.25) is 0 Å². The molecule has 112 valence electrons. The molecule has 0 saturated heterocycles. The number of halogens is 1. The highest BCUT2D eigenvalue weighted by Gasteiger charge is 2.32. The van der Waals surface area contributed by atoms with Crippen LogP contribution in [0.15, 0.2) is 22.7 Å². The van der Waals surface area contributed by atoms with E-state index in [9.17, 15) is 9.59 Å². The molecule has 0 heterocycles. The van der Waals surface area contributed by atoms with Crippen LogP contribution < -0.4 is 10.6 Å². The summed E-state index contributed by atoms with van der Waals surface area (Å²) in [6, 6.07) is 5.05. The van der Waals surface area contributed by atoms with Crippen molar-refractivity contribution >= 4 is 33.6 Å². The van der Waals surface area contributed by atoms with Crippen molar-refractivity contribution in [3.05, 3.63) is 28.2 Å². The molecule has 0 aliphatic rings. The second-order valence-corrected chi connectivity index (χ2v) is 6.45. The minimum absolute atomic E-state index is 0.280. The zero-order valence-corrected chi connectivity index (χ0v) is 13.5. The molecular formula is C14H16BrN3O3. The molecule has 1 atom stereocenters. The molecule has 0 aromatic heterocycles. The molecule has 21 heavy (non-hydrogen) atoms. The summed E-state index contributed by atoms with van der Waals surface area (Å²) in [5, 5.41) is 23.1. The summed E-state index contributed by atoms with van der Waals surface area (Å²) in [5.41, 5.74) is -0.0422. The maximum absolute atomic E-state index is 11.9. The molecule has 0 unspecified atom stereocenters. The number of anilines is 1. The minimum atomic E-state index is -1.12. The lowest BCUT2D eigenvalue weighted by Crippen LogP contribution is -2.50. The first-order valence-corrected chi connectivity index (χ1v) is 6.94. The first kappa shape index (κ1) is 17.0. The van der Waals surface area contributed by atoms with Gasteiger partial charge < -0.3 is 15.7 Å². The topological polar surface area (TPSA) is 102 Å². The molecule has 3 N–H and O–H groups in total. The lowest BCUT2D eigenvalue weighted by molar-refractivity contribution is -0.141. The van der Waals surface area contributed by atoms with E-state index in [1.807, 2.05) is 6.07 Å². The van der Waals surface area contributed by atoms with Crippen LogP contribution in [0.1, 0.15) is 26.3 Å². The lowest BCUT2D eigenvalue weighted by Gasteiger charge is -2.27. The molecule has 0 saturated carbocycles. The van der Waals surface area contributed by atoms with Crippen LogP contribution in [0.4, 0.5) is 10.5 Å². The first-order chi connectivity index (χ1) is 9.65. The van der Waals surface area contributed by atoms with E-state index in [1.54, 1.807) is 39.0 Å². The Balaban J connectivity index is 2.87. The van der Waals surface area contributed by atoms with Crippen LogP contribution in [0.3, 0.4) is 0 Å². The van der Waals surface area contributed by atoms with Gasteiger partial charge in [0.2, 0.25) is 0 Å². The van der Waals surface area contributed by atoms with E-state index in [-0.39, 0.29) is 5.56 Å². The van der Waals surface area contributed by atoms with Gasteiger partial charge in [0.15, 0.2) is 0 Å². The number of carbonyl (C=O) groups is 2. The fourth-order valence-corrected chi connectivity index (χ4v) is 2.02. The van der Waals surface area contributed by atoms with Gasteiger partial charge in [0.1, 0.15) is 12.1 Å². The fraction of sp³-hybridized carbons (Fsp3) is 0.357. The van der Waals surface area contributed by atoms with E-state index in [4.69, 9.17) is 10.4 Å². The van der Waals surface area contributed by atoms with Crippen molar-refractivity contribution in [3.63, 3.8) is 0 Å². The number of hydrogen-bond donors (Lipinski definition) is 3. The van der Waals surface area contributed by atoms with Crippen molar-refractivity contribution in [2.75, 3.05) is 5.32 Å². The summed E-state index contributed by atoms with van der Waals surface area (Å²) in [5.74, 6) is -1.12. The summed E-state index contributed by atoms with van der Waals surface area (Å²) in [4.78, 5) is 23.1. The Hall–Kier alpha value is -2.07. The molecule has 1 aromatic carbocycles.